The second kappa shape index (κ2) is 11.2. The Morgan fingerprint density at radius 1 is 1.03 bits per heavy atom. The van der Waals surface area contributed by atoms with Gasteiger partial charge in [-0.2, -0.15) is 0 Å². The molecule has 1 atom stereocenters. The van der Waals surface area contributed by atoms with Crippen molar-refractivity contribution in [1.29, 1.82) is 0 Å². The van der Waals surface area contributed by atoms with Crippen molar-refractivity contribution in [1.82, 2.24) is 9.88 Å². The molecule has 0 saturated carbocycles. The van der Waals surface area contributed by atoms with Gasteiger partial charge in [-0.1, -0.05) is 66.2 Å². The number of hydrogen-bond donors (Lipinski definition) is 1. The second-order valence-corrected chi connectivity index (χ2v) is 9.53. The fourth-order valence-corrected chi connectivity index (χ4v) is 3.74. The van der Waals surface area contributed by atoms with E-state index < -0.39 is 23.7 Å². The van der Waals surface area contributed by atoms with Gasteiger partial charge in [0.2, 0.25) is 0 Å². The summed E-state index contributed by atoms with van der Waals surface area (Å²) in [7, 11) is 1.29. The zero-order chi connectivity index (χ0) is 25.6. The van der Waals surface area contributed by atoms with Gasteiger partial charge in [0, 0.05) is 24.7 Å². The Morgan fingerprint density at radius 3 is 2.29 bits per heavy atom. The molecule has 0 aliphatic heterocycles. The van der Waals surface area contributed by atoms with Gasteiger partial charge in [0.25, 0.3) is 5.56 Å². The van der Waals surface area contributed by atoms with Crippen LogP contribution in [-0.2, 0) is 27.2 Å². The van der Waals surface area contributed by atoms with E-state index in [-0.39, 0.29) is 18.5 Å². The van der Waals surface area contributed by atoms with Crippen LogP contribution in [-0.4, -0.2) is 40.7 Å². The molecule has 3 rings (SSSR count). The maximum absolute atomic E-state index is 13.2. The Labute approximate surface area is 209 Å². The van der Waals surface area contributed by atoms with E-state index in [1.807, 2.05) is 30.3 Å². The third kappa shape index (κ3) is 7.20. The minimum atomic E-state index is -0.921. The van der Waals surface area contributed by atoms with Gasteiger partial charge < -0.3 is 14.5 Å². The lowest BCUT2D eigenvalue weighted by atomic mass is 10.0. The predicted molar refractivity (Wildman–Crippen MR) is 135 cm³/mol. The standard InChI is InChI=1S/C27H29ClN2O5/c1-27(2,3)35-26(33)30(17-19-8-6-5-7-9-19)23(25(32)34-4)14-18-10-12-20(13-11-18)22-15-21(28)16-29-24(22)31/h5-13,15-16,23H,14,17H2,1-4H3,(H,29,31)/t23-/m0/s1. The molecule has 0 saturated heterocycles. The van der Waals surface area contributed by atoms with Crippen LogP contribution in [0.3, 0.4) is 0 Å². The SMILES string of the molecule is COC(=O)[C@H](Cc1ccc(-c2cc(Cl)c[nH]c2=O)cc1)N(Cc1ccccc1)C(=O)OC(C)(C)C. The van der Waals surface area contributed by atoms with Crippen molar-refractivity contribution < 1.29 is 19.1 Å². The molecule has 0 spiro atoms. The Hall–Kier alpha value is -3.58. The molecule has 8 heteroatoms. The van der Waals surface area contributed by atoms with Crippen molar-refractivity contribution in [2.24, 2.45) is 0 Å². The molecule has 1 heterocycles. The number of carbonyl (C=O) groups is 2. The Balaban J connectivity index is 1.92. The molecule has 184 valence electrons. The number of nitrogens with zero attached hydrogens (tertiary/aromatic N) is 1. The van der Waals surface area contributed by atoms with Crippen molar-refractivity contribution in [3.8, 4) is 11.1 Å². The Kier molecular flexibility index (Phi) is 8.35. The molecule has 0 bridgehead atoms. The number of ether oxygens (including phenoxy) is 2. The molecular formula is C27H29ClN2O5. The van der Waals surface area contributed by atoms with E-state index in [4.69, 9.17) is 21.1 Å². The average Bonchev–Trinajstić information content (AvgIpc) is 2.82. The van der Waals surface area contributed by atoms with Gasteiger partial charge in [0.05, 0.1) is 12.1 Å². The van der Waals surface area contributed by atoms with Crippen molar-refractivity contribution in [3.05, 3.63) is 93.4 Å². The quantitative estimate of drug-likeness (QED) is 0.453. The van der Waals surface area contributed by atoms with E-state index in [9.17, 15) is 14.4 Å². The van der Waals surface area contributed by atoms with Crippen LogP contribution in [0.25, 0.3) is 11.1 Å². The number of benzene rings is 2. The summed E-state index contributed by atoms with van der Waals surface area (Å²) < 4.78 is 10.7. The number of pyridine rings is 1. The van der Waals surface area contributed by atoms with E-state index in [1.165, 1.54) is 18.2 Å². The molecular weight excluding hydrogens is 468 g/mol. The number of rotatable bonds is 7. The van der Waals surface area contributed by atoms with Crippen LogP contribution in [0, 0.1) is 0 Å². The Bertz CT molecular complexity index is 1220. The van der Waals surface area contributed by atoms with Crippen LogP contribution in [0.15, 0.2) is 71.7 Å². The van der Waals surface area contributed by atoms with Gasteiger partial charge in [-0.25, -0.2) is 9.59 Å². The van der Waals surface area contributed by atoms with Crippen molar-refractivity contribution in [2.45, 2.75) is 45.4 Å². The van der Waals surface area contributed by atoms with Crippen molar-refractivity contribution in [2.75, 3.05) is 7.11 Å². The normalized spacial score (nSPS) is 12.0. The van der Waals surface area contributed by atoms with E-state index in [0.717, 1.165) is 11.1 Å². The first-order valence-electron chi connectivity index (χ1n) is 11.2. The minimum Gasteiger partial charge on any atom is -0.467 e. The molecule has 7 nitrogen and oxygen atoms in total. The van der Waals surface area contributed by atoms with Crippen LogP contribution in [0.2, 0.25) is 5.02 Å². The highest BCUT2D eigenvalue weighted by Crippen LogP contribution is 2.22. The van der Waals surface area contributed by atoms with Gasteiger partial charge in [0.15, 0.2) is 0 Å². The van der Waals surface area contributed by atoms with Crippen LogP contribution in [0.4, 0.5) is 4.79 Å². The number of hydrogen-bond acceptors (Lipinski definition) is 5. The molecule has 1 N–H and O–H groups in total. The monoisotopic (exact) mass is 496 g/mol. The van der Waals surface area contributed by atoms with Gasteiger partial charge >= 0.3 is 12.1 Å². The molecule has 0 aliphatic rings. The molecule has 1 aromatic heterocycles. The van der Waals surface area contributed by atoms with Gasteiger partial charge in [-0.3, -0.25) is 9.69 Å². The van der Waals surface area contributed by atoms with Gasteiger partial charge in [-0.05, 0) is 43.5 Å². The topological polar surface area (TPSA) is 88.7 Å². The number of aromatic nitrogens is 1. The summed E-state index contributed by atoms with van der Waals surface area (Å²) in [6.45, 7) is 5.49. The summed E-state index contributed by atoms with van der Waals surface area (Å²) in [5, 5.41) is 0.420. The fraction of sp³-hybridized carbons (Fsp3) is 0.296. The van der Waals surface area contributed by atoms with E-state index in [0.29, 0.717) is 16.1 Å². The summed E-state index contributed by atoms with van der Waals surface area (Å²) in [5.41, 5.74) is 1.76. The smallest absolute Gasteiger partial charge is 0.411 e. The average molecular weight is 497 g/mol. The zero-order valence-electron chi connectivity index (χ0n) is 20.2. The first kappa shape index (κ1) is 26.0. The molecule has 0 aliphatic carbocycles. The van der Waals surface area contributed by atoms with Crippen LogP contribution >= 0.6 is 11.6 Å². The first-order valence-corrected chi connectivity index (χ1v) is 11.5. The summed E-state index contributed by atoms with van der Waals surface area (Å²) in [6, 6.07) is 17.2. The summed E-state index contributed by atoms with van der Waals surface area (Å²) in [6.07, 6.45) is 1.02. The molecule has 0 unspecified atom stereocenters. The number of amides is 1. The lowest BCUT2D eigenvalue weighted by Crippen LogP contribution is -2.48. The summed E-state index contributed by atoms with van der Waals surface area (Å²) >= 11 is 6.02. The highest BCUT2D eigenvalue weighted by atomic mass is 35.5. The van der Waals surface area contributed by atoms with E-state index >= 15 is 0 Å². The number of carbonyl (C=O) groups excluding carboxylic acids is 2. The highest BCUT2D eigenvalue weighted by Gasteiger charge is 2.34. The first-order chi connectivity index (χ1) is 16.6. The van der Waals surface area contributed by atoms with Gasteiger partial charge in [-0.15, -0.1) is 0 Å². The van der Waals surface area contributed by atoms with Crippen LogP contribution in [0.5, 0.6) is 0 Å². The molecule has 3 aromatic rings. The van der Waals surface area contributed by atoms with E-state index in [2.05, 4.69) is 4.98 Å². The van der Waals surface area contributed by atoms with Crippen LogP contribution < -0.4 is 5.56 Å². The number of H-pyrrole nitrogens is 1. The number of nitrogens with one attached hydrogen (secondary N) is 1. The third-order valence-corrected chi connectivity index (χ3v) is 5.45. The molecule has 35 heavy (non-hydrogen) atoms. The summed E-state index contributed by atoms with van der Waals surface area (Å²) in [5.74, 6) is -0.554. The molecule has 0 radical (unpaired) electrons. The maximum atomic E-state index is 13.2. The summed E-state index contributed by atoms with van der Waals surface area (Å²) in [4.78, 5) is 42.2. The largest absolute Gasteiger partial charge is 0.467 e. The molecule has 0 fully saturated rings. The maximum Gasteiger partial charge on any atom is 0.411 e. The highest BCUT2D eigenvalue weighted by molar-refractivity contribution is 6.30. The zero-order valence-corrected chi connectivity index (χ0v) is 21.0. The minimum absolute atomic E-state index is 0.172. The third-order valence-electron chi connectivity index (χ3n) is 5.24. The number of esters is 1. The molecule has 2 aromatic carbocycles. The van der Waals surface area contributed by atoms with Crippen molar-refractivity contribution >= 4 is 23.7 Å². The number of halogens is 1. The lowest BCUT2D eigenvalue weighted by Gasteiger charge is -2.32. The second-order valence-electron chi connectivity index (χ2n) is 9.09. The number of methoxy groups -OCH3 is 1. The van der Waals surface area contributed by atoms with Crippen LogP contribution in [0.1, 0.15) is 31.9 Å². The lowest BCUT2D eigenvalue weighted by molar-refractivity contribution is -0.147. The Morgan fingerprint density at radius 2 is 1.69 bits per heavy atom. The predicted octanol–water partition coefficient (Wildman–Crippen LogP) is 5.22. The molecule has 1 amide bonds. The number of aromatic amines is 1. The van der Waals surface area contributed by atoms with Crippen molar-refractivity contribution in [3.63, 3.8) is 0 Å². The van der Waals surface area contributed by atoms with E-state index in [1.54, 1.807) is 51.1 Å². The fourth-order valence-electron chi connectivity index (χ4n) is 3.57. The van der Waals surface area contributed by atoms with Gasteiger partial charge in [0.1, 0.15) is 11.6 Å².